The first-order valence-electron chi connectivity index (χ1n) is 27.0. The molecule has 3 N–H and O–H groups in total. The second-order valence-corrected chi connectivity index (χ2v) is 21.0. The van der Waals surface area contributed by atoms with Gasteiger partial charge in [0.15, 0.2) is 0 Å². The van der Waals surface area contributed by atoms with Gasteiger partial charge in [-0.1, -0.05) is 236 Å². The van der Waals surface area contributed by atoms with E-state index in [1.165, 1.54) is 141 Å². The Labute approximate surface area is 397 Å². The molecule has 0 bridgehead atoms. The van der Waals surface area contributed by atoms with Gasteiger partial charge in [0.2, 0.25) is 5.91 Å². The number of allylic oxidation sites excluding steroid dienone is 8. The predicted molar refractivity (Wildman–Crippen MR) is 277 cm³/mol. The Morgan fingerprint density at radius 3 is 1.38 bits per heavy atom. The molecule has 3 atom stereocenters. The molecule has 1 amide bonds. The van der Waals surface area contributed by atoms with Gasteiger partial charge in [0, 0.05) is 6.42 Å². The molecule has 0 saturated heterocycles. The Morgan fingerprint density at radius 2 is 0.938 bits per heavy atom. The summed E-state index contributed by atoms with van der Waals surface area (Å²) >= 11 is 0. The molecule has 0 aromatic heterocycles. The molecular weight excluding hydrogens is 816 g/mol. The lowest BCUT2D eigenvalue weighted by atomic mass is 10.0. The number of nitrogens with one attached hydrogen (secondary N) is 1. The molecule has 8 nitrogen and oxygen atoms in total. The van der Waals surface area contributed by atoms with E-state index in [0.29, 0.717) is 23.9 Å². The third-order valence-corrected chi connectivity index (χ3v) is 13.1. The minimum Gasteiger partial charge on any atom is -0.391 e. The minimum atomic E-state index is -4.33. The highest BCUT2D eigenvalue weighted by molar-refractivity contribution is 7.47. The van der Waals surface area contributed by atoms with Crippen molar-refractivity contribution in [1.82, 2.24) is 5.32 Å². The first-order valence-corrected chi connectivity index (χ1v) is 28.5. The van der Waals surface area contributed by atoms with Gasteiger partial charge in [-0.3, -0.25) is 13.8 Å². The molecule has 64 heavy (non-hydrogen) atoms. The van der Waals surface area contributed by atoms with Gasteiger partial charge >= 0.3 is 7.82 Å². The average molecular weight is 922 g/mol. The largest absolute Gasteiger partial charge is 0.472 e. The molecule has 9 heteroatoms. The van der Waals surface area contributed by atoms with Crippen LogP contribution in [0.4, 0.5) is 0 Å². The maximum Gasteiger partial charge on any atom is 0.472 e. The Bertz CT molecular complexity index is 1180. The quantitative estimate of drug-likeness (QED) is 0.0243. The number of amides is 1. The van der Waals surface area contributed by atoms with Crippen molar-refractivity contribution < 1.29 is 32.9 Å². The Hall–Kier alpha value is -1.54. The van der Waals surface area contributed by atoms with Crippen molar-refractivity contribution in [3.8, 4) is 0 Å². The minimum absolute atomic E-state index is 0.0702. The van der Waals surface area contributed by atoms with E-state index in [4.69, 9.17) is 9.05 Å². The van der Waals surface area contributed by atoms with Crippen molar-refractivity contribution in [3.63, 3.8) is 0 Å². The van der Waals surface area contributed by atoms with Crippen molar-refractivity contribution >= 4 is 13.7 Å². The van der Waals surface area contributed by atoms with E-state index < -0.39 is 20.0 Å². The fraction of sp³-hybridized carbons (Fsp3) is 0.836. The number of quaternary nitrogens is 1. The molecule has 0 aromatic carbocycles. The van der Waals surface area contributed by atoms with Crippen LogP contribution in [-0.4, -0.2) is 73.4 Å². The highest BCUT2D eigenvalue weighted by atomic mass is 31.2. The highest BCUT2D eigenvalue weighted by Gasteiger charge is 2.28. The van der Waals surface area contributed by atoms with Gasteiger partial charge in [-0.2, -0.15) is 0 Å². The molecule has 3 unspecified atom stereocenters. The smallest absolute Gasteiger partial charge is 0.391 e. The normalized spacial score (nSPS) is 14.4. The summed E-state index contributed by atoms with van der Waals surface area (Å²) in [7, 11) is 1.60. The number of likely N-dealkylation sites (N-methyl/N-ethyl adjacent to an activating group) is 1. The molecule has 0 heterocycles. The van der Waals surface area contributed by atoms with Crippen LogP contribution < -0.4 is 5.32 Å². The number of aliphatic hydroxyl groups excluding tert-OH is 1. The van der Waals surface area contributed by atoms with E-state index in [1.807, 2.05) is 21.1 Å². The van der Waals surface area contributed by atoms with Crippen LogP contribution >= 0.6 is 7.82 Å². The summed E-state index contributed by atoms with van der Waals surface area (Å²) in [6, 6.07) is -0.770. The number of hydrogen-bond donors (Lipinski definition) is 3. The monoisotopic (exact) mass is 922 g/mol. The first-order chi connectivity index (χ1) is 31.0. The van der Waals surface area contributed by atoms with Crippen LogP contribution in [0.25, 0.3) is 0 Å². The van der Waals surface area contributed by atoms with Gasteiger partial charge in [-0.05, 0) is 51.4 Å². The second kappa shape index (κ2) is 46.6. The van der Waals surface area contributed by atoms with Crippen LogP contribution in [0, 0.1) is 0 Å². The number of nitrogens with zero attached hydrogens (tertiary/aromatic N) is 1. The molecule has 0 fully saturated rings. The predicted octanol–water partition coefficient (Wildman–Crippen LogP) is 16.0. The molecule has 0 radical (unpaired) electrons. The summed E-state index contributed by atoms with van der Waals surface area (Å²) in [5, 5.41) is 14.0. The molecule has 0 aromatic rings. The third-order valence-electron chi connectivity index (χ3n) is 12.1. The molecule has 376 valence electrons. The second-order valence-electron chi connectivity index (χ2n) is 19.6. The van der Waals surface area contributed by atoms with Gasteiger partial charge < -0.3 is 19.8 Å². The van der Waals surface area contributed by atoms with Gasteiger partial charge in [0.25, 0.3) is 0 Å². The number of aliphatic hydroxyl groups is 1. The van der Waals surface area contributed by atoms with Crippen LogP contribution in [-0.2, 0) is 18.4 Å². The summed E-state index contributed by atoms with van der Waals surface area (Å²) < 4.78 is 23.7. The number of phosphoric ester groups is 1. The van der Waals surface area contributed by atoms with Crippen LogP contribution in [0.2, 0.25) is 0 Å². The van der Waals surface area contributed by atoms with Gasteiger partial charge in [0.05, 0.1) is 39.9 Å². The van der Waals surface area contributed by atoms with E-state index >= 15 is 0 Å². The van der Waals surface area contributed by atoms with Crippen molar-refractivity contribution in [1.29, 1.82) is 0 Å². The fourth-order valence-corrected chi connectivity index (χ4v) is 8.60. The number of phosphoric acid groups is 1. The molecule has 0 spiro atoms. The van der Waals surface area contributed by atoms with Gasteiger partial charge in [-0.25, -0.2) is 4.57 Å². The molecule has 0 aliphatic carbocycles. The number of carbonyl (C=O) groups excluding carboxylic acids is 1. The van der Waals surface area contributed by atoms with Crippen LogP contribution in [0.1, 0.15) is 245 Å². The SMILES string of the molecule is CC/C=C\C/C=C\C/C=C\C/C=C\CCCCCCCCC(=O)NC(COP(=O)(O)OCC[N+](C)(C)C)C(O)CCCCCCCCCCCCCCCCCCCCCCCCC. The number of rotatable bonds is 49. The Balaban J connectivity index is 4.24. The van der Waals surface area contributed by atoms with Gasteiger partial charge in [-0.15, -0.1) is 0 Å². The maximum absolute atomic E-state index is 13.0. The number of carbonyl (C=O) groups is 1. The lowest BCUT2D eigenvalue weighted by Crippen LogP contribution is -2.46. The van der Waals surface area contributed by atoms with Crippen LogP contribution in [0.3, 0.4) is 0 Å². The van der Waals surface area contributed by atoms with Crippen LogP contribution in [0.15, 0.2) is 48.6 Å². The third kappa shape index (κ3) is 48.4. The van der Waals surface area contributed by atoms with E-state index in [9.17, 15) is 19.4 Å². The summed E-state index contributed by atoms with van der Waals surface area (Å²) in [5.74, 6) is -0.157. The van der Waals surface area contributed by atoms with Crippen LogP contribution in [0.5, 0.6) is 0 Å². The average Bonchev–Trinajstić information content (AvgIpc) is 3.25. The highest BCUT2D eigenvalue weighted by Crippen LogP contribution is 2.43. The lowest BCUT2D eigenvalue weighted by molar-refractivity contribution is -0.870. The zero-order valence-electron chi connectivity index (χ0n) is 42.8. The summed E-state index contributed by atoms with van der Waals surface area (Å²) in [6.07, 6.45) is 60.1. The lowest BCUT2D eigenvalue weighted by Gasteiger charge is -2.26. The summed E-state index contributed by atoms with van der Waals surface area (Å²) in [4.78, 5) is 23.3. The van der Waals surface area contributed by atoms with Gasteiger partial charge in [0.1, 0.15) is 13.2 Å². The van der Waals surface area contributed by atoms with Crippen molar-refractivity contribution in [2.45, 2.75) is 257 Å². The Morgan fingerprint density at radius 1 is 0.547 bits per heavy atom. The van der Waals surface area contributed by atoms with E-state index in [-0.39, 0.29) is 19.1 Å². The fourth-order valence-electron chi connectivity index (χ4n) is 7.86. The van der Waals surface area contributed by atoms with Crippen molar-refractivity contribution in [2.75, 3.05) is 40.9 Å². The zero-order valence-corrected chi connectivity index (χ0v) is 43.7. The molecule has 0 aliphatic heterocycles. The van der Waals surface area contributed by atoms with Crippen molar-refractivity contribution in [2.24, 2.45) is 0 Å². The maximum atomic E-state index is 13.0. The Kier molecular flexibility index (Phi) is 45.4. The van der Waals surface area contributed by atoms with Crippen molar-refractivity contribution in [3.05, 3.63) is 48.6 Å². The molecule has 0 saturated carbocycles. The summed E-state index contributed by atoms with van der Waals surface area (Å²) in [6.45, 7) is 4.78. The zero-order chi connectivity index (χ0) is 47.1. The van der Waals surface area contributed by atoms with E-state index in [2.05, 4.69) is 67.8 Å². The molecule has 0 aliphatic rings. The first kappa shape index (κ1) is 62.5. The number of hydrogen-bond acceptors (Lipinski definition) is 5. The standard InChI is InChI=1S/C55H105N2O6P/c1-6-8-10-12-14-16-18-20-22-24-26-27-28-29-31-32-34-36-38-40-42-44-46-48-54(58)53(52-63-64(60,61)62-51-50-57(3,4)5)56-55(59)49-47-45-43-41-39-37-35-33-30-25-23-21-19-17-15-13-11-9-7-2/h9,11,15,17,21,23,30,33,53-54,58H,6-8,10,12-14,16,18-20,22,24-29,31-32,34-52H2,1-5H3,(H-,56,59,60,61)/p+1/b11-9-,17-15-,23-21-,33-30-. The number of unbranched alkanes of at least 4 members (excludes halogenated alkanes) is 28. The summed E-state index contributed by atoms with van der Waals surface area (Å²) in [5.41, 5.74) is 0. The van der Waals surface area contributed by atoms with E-state index in [0.717, 1.165) is 77.0 Å². The molecule has 0 rings (SSSR count). The topological polar surface area (TPSA) is 105 Å². The van der Waals surface area contributed by atoms with E-state index in [1.54, 1.807) is 0 Å². The molecular formula is C55H106N2O6P+.